The third-order valence-electron chi connectivity index (χ3n) is 4.71. The molecule has 1 atom stereocenters. The van der Waals surface area contributed by atoms with E-state index in [9.17, 15) is 9.59 Å². The van der Waals surface area contributed by atoms with Crippen LogP contribution in [-0.2, 0) is 11.2 Å². The summed E-state index contributed by atoms with van der Waals surface area (Å²) in [5.41, 5.74) is 0.383. The Hall–Kier alpha value is -2.76. The van der Waals surface area contributed by atoms with Gasteiger partial charge in [-0.15, -0.1) is 0 Å². The van der Waals surface area contributed by atoms with Gasteiger partial charge in [-0.2, -0.15) is 0 Å². The van der Waals surface area contributed by atoms with Gasteiger partial charge in [0.2, 0.25) is 5.91 Å². The van der Waals surface area contributed by atoms with Gasteiger partial charge in [-0.3, -0.25) is 9.59 Å². The summed E-state index contributed by atoms with van der Waals surface area (Å²) in [6, 6.07) is 10.6. The van der Waals surface area contributed by atoms with E-state index in [1.807, 2.05) is 19.1 Å². The molecule has 0 aliphatic rings. The number of carbonyl (C=O) groups excluding carboxylic acids is 2. The van der Waals surface area contributed by atoms with E-state index in [2.05, 4.69) is 31.4 Å². The number of benzene rings is 1. The number of carbonyl (C=O) groups is 2. The fourth-order valence-corrected chi connectivity index (χ4v) is 2.98. The number of rotatable bonds is 9. The molecule has 2 rings (SSSR count). The molecule has 0 spiro atoms. The predicted molar refractivity (Wildman–Crippen MR) is 113 cm³/mol. The molecule has 0 saturated heterocycles. The second kappa shape index (κ2) is 10.1. The van der Waals surface area contributed by atoms with E-state index in [1.54, 1.807) is 31.4 Å². The lowest BCUT2D eigenvalue weighted by Gasteiger charge is -2.30. The fourth-order valence-electron chi connectivity index (χ4n) is 2.98. The van der Waals surface area contributed by atoms with Crippen LogP contribution in [0.25, 0.3) is 0 Å². The zero-order chi connectivity index (χ0) is 21.4. The van der Waals surface area contributed by atoms with Crippen molar-refractivity contribution in [2.24, 2.45) is 5.41 Å². The molecule has 6 heteroatoms. The molecule has 0 radical (unpaired) electrons. The van der Waals surface area contributed by atoms with Crippen molar-refractivity contribution in [1.29, 1.82) is 0 Å². The van der Waals surface area contributed by atoms with Crippen molar-refractivity contribution in [1.82, 2.24) is 10.6 Å². The van der Waals surface area contributed by atoms with E-state index in [4.69, 9.17) is 9.15 Å². The molecule has 0 aliphatic carbocycles. The number of hydrogen-bond acceptors (Lipinski definition) is 4. The second-order valence-electron chi connectivity index (χ2n) is 8.11. The van der Waals surface area contributed by atoms with Gasteiger partial charge >= 0.3 is 0 Å². The molecule has 6 nitrogen and oxygen atoms in total. The Balaban J connectivity index is 1.81. The fraction of sp³-hybridized carbons (Fsp3) is 0.478. The van der Waals surface area contributed by atoms with Crippen molar-refractivity contribution < 1.29 is 18.7 Å². The first-order valence-electron chi connectivity index (χ1n) is 10.0. The minimum Gasteiger partial charge on any atom is -0.497 e. The Labute approximate surface area is 173 Å². The second-order valence-corrected chi connectivity index (χ2v) is 8.11. The summed E-state index contributed by atoms with van der Waals surface area (Å²) >= 11 is 0. The van der Waals surface area contributed by atoms with Gasteiger partial charge in [0.05, 0.1) is 13.2 Å². The van der Waals surface area contributed by atoms with Crippen LogP contribution in [0.2, 0.25) is 0 Å². The highest BCUT2D eigenvalue weighted by Crippen LogP contribution is 2.34. The number of amides is 2. The molecule has 1 aromatic carbocycles. The van der Waals surface area contributed by atoms with E-state index < -0.39 is 0 Å². The third-order valence-corrected chi connectivity index (χ3v) is 4.71. The molecule has 158 valence electrons. The lowest BCUT2D eigenvalue weighted by atomic mass is 9.85. The monoisotopic (exact) mass is 400 g/mol. The summed E-state index contributed by atoms with van der Waals surface area (Å²) in [6.45, 7) is 8.68. The van der Waals surface area contributed by atoms with Crippen molar-refractivity contribution in [3.63, 3.8) is 0 Å². The molecule has 29 heavy (non-hydrogen) atoms. The average molecular weight is 401 g/mol. The molecule has 0 saturated carbocycles. The maximum absolute atomic E-state index is 12.5. The molecule has 2 N–H and O–H groups in total. The first kappa shape index (κ1) is 22.5. The minimum atomic E-state index is -0.204. The van der Waals surface area contributed by atoms with Gasteiger partial charge in [0.1, 0.15) is 17.3 Å². The van der Waals surface area contributed by atoms with Crippen LogP contribution in [0, 0.1) is 5.41 Å². The number of nitrogens with one attached hydrogen (secondary N) is 2. The average Bonchev–Trinajstić information content (AvgIpc) is 3.17. The largest absolute Gasteiger partial charge is 0.497 e. The van der Waals surface area contributed by atoms with E-state index >= 15 is 0 Å². The summed E-state index contributed by atoms with van der Waals surface area (Å²) in [7, 11) is 1.58. The van der Waals surface area contributed by atoms with Crippen LogP contribution in [-0.4, -0.2) is 25.5 Å². The first-order chi connectivity index (χ1) is 13.7. The van der Waals surface area contributed by atoms with E-state index in [1.165, 1.54) is 0 Å². The van der Waals surface area contributed by atoms with Crippen LogP contribution >= 0.6 is 0 Å². The van der Waals surface area contributed by atoms with E-state index in [0.29, 0.717) is 30.7 Å². The number of hydrogen-bond donors (Lipinski definition) is 2. The molecular formula is C23H32N2O4. The van der Waals surface area contributed by atoms with Crippen molar-refractivity contribution in [3.8, 4) is 5.75 Å². The zero-order valence-electron chi connectivity index (χ0n) is 18.0. The van der Waals surface area contributed by atoms with Gasteiger partial charge in [0, 0.05) is 24.9 Å². The normalized spacial score (nSPS) is 12.3. The lowest BCUT2D eigenvalue weighted by Crippen LogP contribution is -2.36. The van der Waals surface area contributed by atoms with Crippen LogP contribution in [0.3, 0.4) is 0 Å². The van der Waals surface area contributed by atoms with Crippen molar-refractivity contribution in [3.05, 3.63) is 53.5 Å². The van der Waals surface area contributed by atoms with Gasteiger partial charge in [-0.05, 0) is 48.2 Å². The summed E-state index contributed by atoms with van der Waals surface area (Å²) in [6.07, 6.45) is 1.71. The van der Waals surface area contributed by atoms with Crippen LogP contribution in [0.15, 0.2) is 40.8 Å². The molecule has 0 aliphatic heterocycles. The number of ether oxygens (including phenoxy) is 1. The highest BCUT2D eigenvalue weighted by atomic mass is 16.5. The summed E-state index contributed by atoms with van der Waals surface area (Å²) in [5.74, 6) is 2.16. The zero-order valence-corrected chi connectivity index (χ0v) is 18.0. The third kappa shape index (κ3) is 6.66. The molecule has 2 amide bonds. The van der Waals surface area contributed by atoms with E-state index in [-0.39, 0.29) is 23.3 Å². The Kier molecular flexibility index (Phi) is 7.88. The van der Waals surface area contributed by atoms with Gasteiger partial charge in [0.15, 0.2) is 0 Å². The van der Waals surface area contributed by atoms with Crippen LogP contribution in [0.4, 0.5) is 0 Å². The molecule has 1 aromatic heterocycles. The Morgan fingerprint density at radius 2 is 1.79 bits per heavy atom. The maximum atomic E-state index is 12.5. The predicted octanol–water partition coefficient (Wildman–Crippen LogP) is 4.26. The Bertz CT molecular complexity index is 803. The quantitative estimate of drug-likeness (QED) is 0.616. The Morgan fingerprint density at radius 1 is 1.10 bits per heavy atom. The Morgan fingerprint density at radius 3 is 2.34 bits per heavy atom. The first-order valence-corrected chi connectivity index (χ1v) is 10.0. The molecule has 1 heterocycles. The molecule has 0 bridgehead atoms. The minimum absolute atomic E-state index is 0.0573. The highest BCUT2D eigenvalue weighted by molar-refractivity contribution is 5.94. The maximum Gasteiger partial charge on any atom is 0.251 e. The van der Waals surface area contributed by atoms with Crippen LogP contribution in [0.5, 0.6) is 5.75 Å². The molecule has 1 unspecified atom stereocenters. The molecule has 2 aromatic rings. The highest BCUT2D eigenvalue weighted by Gasteiger charge is 2.30. The van der Waals surface area contributed by atoms with Gasteiger partial charge in [-0.25, -0.2) is 0 Å². The molecular weight excluding hydrogens is 368 g/mol. The smallest absolute Gasteiger partial charge is 0.251 e. The molecule has 0 fully saturated rings. The van der Waals surface area contributed by atoms with Crippen molar-refractivity contribution >= 4 is 11.8 Å². The van der Waals surface area contributed by atoms with Crippen molar-refractivity contribution in [2.75, 3.05) is 13.7 Å². The number of methoxy groups -OCH3 is 1. The van der Waals surface area contributed by atoms with Gasteiger partial charge in [0.25, 0.3) is 5.91 Å². The van der Waals surface area contributed by atoms with Gasteiger partial charge in [-0.1, -0.05) is 27.7 Å². The standard InChI is InChI=1S/C23H32N2O4/c1-6-17-13-14-19(29-17)21(23(2,3)4)25-20(26)8-7-15-24-22(27)16-9-11-18(28-5)12-10-16/h9-14,21H,6-8,15H2,1-5H3,(H,24,27)(H,25,26). The van der Waals surface area contributed by atoms with Crippen LogP contribution in [0.1, 0.15) is 68.5 Å². The number of furan rings is 1. The van der Waals surface area contributed by atoms with Crippen molar-refractivity contribution in [2.45, 2.75) is 53.0 Å². The van der Waals surface area contributed by atoms with Crippen LogP contribution < -0.4 is 15.4 Å². The lowest BCUT2D eigenvalue weighted by molar-refractivity contribution is -0.122. The summed E-state index contributed by atoms with van der Waals surface area (Å²) in [4.78, 5) is 24.6. The number of aryl methyl sites for hydroxylation is 1. The van der Waals surface area contributed by atoms with E-state index in [0.717, 1.165) is 17.9 Å². The van der Waals surface area contributed by atoms with Gasteiger partial charge < -0.3 is 19.8 Å². The summed E-state index contributed by atoms with van der Waals surface area (Å²) < 4.78 is 11.0. The topological polar surface area (TPSA) is 80.6 Å². The summed E-state index contributed by atoms with van der Waals surface area (Å²) in [5, 5.41) is 5.92. The SMILES string of the molecule is CCc1ccc(C(NC(=O)CCCNC(=O)c2ccc(OC)cc2)C(C)(C)C)o1.